The van der Waals surface area contributed by atoms with E-state index in [1.54, 1.807) is 4.90 Å². The topological polar surface area (TPSA) is 40.5 Å². The van der Waals surface area contributed by atoms with Crippen molar-refractivity contribution in [2.45, 2.75) is 82.9 Å². The van der Waals surface area contributed by atoms with Crippen LogP contribution < -0.4 is 0 Å². The summed E-state index contributed by atoms with van der Waals surface area (Å²) < 4.78 is 0. The summed E-state index contributed by atoms with van der Waals surface area (Å²) >= 11 is 0. The molecule has 1 saturated carbocycles. The summed E-state index contributed by atoms with van der Waals surface area (Å²) in [6.45, 7) is 0. The molecule has 0 saturated heterocycles. The van der Waals surface area contributed by atoms with E-state index in [0.29, 0.717) is 5.56 Å². The largest absolute Gasteiger partial charge is 0.369 e. The number of rotatable bonds is 1. The van der Waals surface area contributed by atoms with Crippen molar-refractivity contribution >= 4 is 5.91 Å². The molecule has 1 amide bonds. The van der Waals surface area contributed by atoms with Gasteiger partial charge in [-0.3, -0.25) is 4.79 Å². The van der Waals surface area contributed by atoms with Gasteiger partial charge in [-0.15, -0.1) is 0 Å². The Bertz CT molecular complexity index is 516. The molecule has 1 aliphatic carbocycles. The molecule has 1 aliphatic heterocycles. The molecule has 3 heteroatoms. The van der Waals surface area contributed by atoms with E-state index in [2.05, 4.69) is 0 Å². The van der Waals surface area contributed by atoms with Crippen LogP contribution in [0.25, 0.3) is 0 Å². The van der Waals surface area contributed by atoms with Crippen LogP contribution in [-0.2, 0) is 0 Å². The number of amides is 1. The number of hydrogen-bond donors (Lipinski definition) is 1. The van der Waals surface area contributed by atoms with E-state index >= 15 is 0 Å². The summed E-state index contributed by atoms with van der Waals surface area (Å²) in [5.41, 5.74) is 1.47. The molecule has 1 aromatic carbocycles. The fourth-order valence-corrected chi connectivity index (χ4v) is 4.10. The predicted octanol–water partition coefficient (Wildman–Crippen LogP) is 4.81. The lowest BCUT2D eigenvalue weighted by Gasteiger charge is -2.31. The van der Waals surface area contributed by atoms with Gasteiger partial charge in [0, 0.05) is 17.2 Å². The molecular formula is C20H29NO2. The number of hydrogen-bond acceptors (Lipinski definition) is 2. The first-order valence-electron chi connectivity index (χ1n) is 9.38. The second kappa shape index (κ2) is 7.96. The van der Waals surface area contributed by atoms with Crippen molar-refractivity contribution in [3.8, 4) is 0 Å². The van der Waals surface area contributed by atoms with Crippen LogP contribution in [0.1, 0.15) is 92.8 Å². The van der Waals surface area contributed by atoms with Crippen LogP contribution in [-0.4, -0.2) is 22.0 Å². The Labute approximate surface area is 139 Å². The van der Waals surface area contributed by atoms with Gasteiger partial charge < -0.3 is 10.0 Å². The summed E-state index contributed by atoms with van der Waals surface area (Å²) in [5.74, 6) is 0.0187. The second-order valence-electron chi connectivity index (χ2n) is 7.09. The first kappa shape index (κ1) is 16.5. The number of benzene rings is 1. The molecule has 23 heavy (non-hydrogen) atoms. The highest BCUT2D eigenvalue weighted by Crippen LogP contribution is 2.36. The second-order valence-corrected chi connectivity index (χ2v) is 7.09. The van der Waals surface area contributed by atoms with Gasteiger partial charge in [0.2, 0.25) is 0 Å². The van der Waals surface area contributed by atoms with E-state index in [-0.39, 0.29) is 11.9 Å². The molecule has 3 nitrogen and oxygen atoms in total. The SMILES string of the molecule is O=C1c2ccccc2C(O)N1C1CCCCCCCCCCC1. The van der Waals surface area contributed by atoms with Crippen LogP contribution in [0, 0.1) is 0 Å². The smallest absolute Gasteiger partial charge is 0.256 e. The molecule has 0 aromatic heterocycles. The third-order valence-electron chi connectivity index (χ3n) is 5.44. The zero-order valence-electron chi connectivity index (χ0n) is 14.0. The predicted molar refractivity (Wildman–Crippen MR) is 92.1 cm³/mol. The van der Waals surface area contributed by atoms with Crippen molar-refractivity contribution in [1.82, 2.24) is 4.90 Å². The Hall–Kier alpha value is -1.35. The standard InChI is InChI=1S/C20H29NO2/c22-19-17-14-10-11-15-18(17)20(23)21(19)16-12-8-6-4-2-1-3-5-7-9-13-16/h10-11,14-16,19,22H,1-9,12-13H2. The first-order chi connectivity index (χ1) is 11.3. The van der Waals surface area contributed by atoms with Crippen LogP contribution in [0.15, 0.2) is 24.3 Å². The number of nitrogens with zero attached hydrogens (tertiary/aromatic N) is 1. The molecule has 0 bridgehead atoms. The lowest BCUT2D eigenvalue weighted by Crippen LogP contribution is -2.38. The van der Waals surface area contributed by atoms with Crippen molar-refractivity contribution in [2.75, 3.05) is 0 Å². The number of carbonyl (C=O) groups excluding carboxylic acids is 1. The molecule has 0 radical (unpaired) electrons. The Morgan fingerprint density at radius 1 is 0.826 bits per heavy atom. The van der Waals surface area contributed by atoms with Crippen molar-refractivity contribution in [2.24, 2.45) is 0 Å². The molecule has 2 aliphatic rings. The van der Waals surface area contributed by atoms with Gasteiger partial charge in [-0.05, 0) is 18.9 Å². The number of aliphatic hydroxyl groups is 1. The summed E-state index contributed by atoms with van der Waals surface area (Å²) in [6.07, 6.45) is 12.8. The van der Waals surface area contributed by atoms with Crippen molar-refractivity contribution in [1.29, 1.82) is 0 Å². The van der Waals surface area contributed by atoms with Crippen LogP contribution >= 0.6 is 0 Å². The minimum absolute atomic E-state index is 0.0187. The van der Waals surface area contributed by atoms with Crippen LogP contribution in [0.3, 0.4) is 0 Å². The third kappa shape index (κ3) is 3.77. The number of aliphatic hydroxyl groups excluding tert-OH is 1. The average molecular weight is 315 g/mol. The monoisotopic (exact) mass is 315 g/mol. The van der Waals surface area contributed by atoms with E-state index in [0.717, 1.165) is 31.2 Å². The highest BCUT2D eigenvalue weighted by Gasteiger charge is 2.38. The summed E-state index contributed by atoms with van der Waals surface area (Å²) in [7, 11) is 0. The molecule has 1 unspecified atom stereocenters. The normalized spacial score (nSPS) is 24.8. The molecule has 1 heterocycles. The summed E-state index contributed by atoms with van der Waals surface area (Å²) in [4.78, 5) is 14.5. The van der Waals surface area contributed by atoms with Gasteiger partial charge in [0.15, 0.2) is 6.23 Å². The summed E-state index contributed by atoms with van der Waals surface area (Å²) in [6, 6.07) is 7.70. The average Bonchev–Trinajstić information content (AvgIpc) is 2.81. The van der Waals surface area contributed by atoms with E-state index in [4.69, 9.17) is 0 Å². The zero-order valence-corrected chi connectivity index (χ0v) is 14.0. The lowest BCUT2D eigenvalue weighted by molar-refractivity contribution is -0.00776. The quantitative estimate of drug-likeness (QED) is 0.808. The molecule has 1 N–H and O–H groups in total. The van der Waals surface area contributed by atoms with E-state index in [1.807, 2.05) is 24.3 Å². The maximum absolute atomic E-state index is 12.7. The maximum atomic E-state index is 12.7. The Morgan fingerprint density at radius 3 is 1.91 bits per heavy atom. The van der Waals surface area contributed by atoms with Gasteiger partial charge in [0.1, 0.15) is 0 Å². The van der Waals surface area contributed by atoms with Gasteiger partial charge in [0.05, 0.1) is 0 Å². The van der Waals surface area contributed by atoms with Crippen LogP contribution in [0.2, 0.25) is 0 Å². The summed E-state index contributed by atoms with van der Waals surface area (Å²) in [5, 5.41) is 10.7. The molecular weight excluding hydrogens is 286 g/mol. The highest BCUT2D eigenvalue weighted by molar-refractivity contribution is 5.99. The molecule has 1 fully saturated rings. The van der Waals surface area contributed by atoms with Gasteiger partial charge in [0.25, 0.3) is 5.91 Å². The van der Waals surface area contributed by atoms with E-state index < -0.39 is 6.23 Å². The Morgan fingerprint density at radius 2 is 1.35 bits per heavy atom. The minimum Gasteiger partial charge on any atom is -0.369 e. The van der Waals surface area contributed by atoms with Crippen molar-refractivity contribution in [3.63, 3.8) is 0 Å². The molecule has 126 valence electrons. The number of fused-ring (bicyclic) bond motifs is 1. The molecule has 1 atom stereocenters. The lowest BCUT2D eigenvalue weighted by atomic mass is 9.97. The molecule has 1 aromatic rings. The van der Waals surface area contributed by atoms with Gasteiger partial charge in [-0.25, -0.2) is 0 Å². The minimum atomic E-state index is -0.753. The third-order valence-corrected chi connectivity index (χ3v) is 5.44. The molecule has 0 spiro atoms. The van der Waals surface area contributed by atoms with Gasteiger partial charge in [-0.2, -0.15) is 0 Å². The van der Waals surface area contributed by atoms with Crippen molar-refractivity contribution < 1.29 is 9.90 Å². The van der Waals surface area contributed by atoms with Crippen molar-refractivity contribution in [3.05, 3.63) is 35.4 Å². The van der Waals surface area contributed by atoms with E-state index in [9.17, 15) is 9.90 Å². The Kier molecular flexibility index (Phi) is 5.71. The van der Waals surface area contributed by atoms with E-state index in [1.165, 1.54) is 44.9 Å². The van der Waals surface area contributed by atoms with Crippen LogP contribution in [0.4, 0.5) is 0 Å². The fraction of sp³-hybridized carbons (Fsp3) is 0.650. The van der Waals surface area contributed by atoms with Gasteiger partial charge in [-0.1, -0.05) is 76.0 Å². The van der Waals surface area contributed by atoms with Gasteiger partial charge >= 0.3 is 0 Å². The number of carbonyl (C=O) groups is 1. The Balaban J connectivity index is 1.71. The van der Waals surface area contributed by atoms with Crippen LogP contribution in [0.5, 0.6) is 0 Å². The first-order valence-corrected chi connectivity index (χ1v) is 9.38. The maximum Gasteiger partial charge on any atom is 0.256 e. The zero-order chi connectivity index (χ0) is 16.1. The fourth-order valence-electron chi connectivity index (χ4n) is 4.10. The molecule has 3 rings (SSSR count). The highest BCUT2D eigenvalue weighted by atomic mass is 16.3.